The molecule has 1 N–H and O–H groups in total. The highest BCUT2D eigenvalue weighted by Crippen LogP contribution is 2.17. The molecule has 0 spiro atoms. The minimum atomic E-state index is -0.350. The molecule has 0 saturated heterocycles. The maximum atomic E-state index is 12.4. The van der Waals surface area contributed by atoms with Gasteiger partial charge in [0.05, 0.1) is 13.0 Å². The fraction of sp³-hybridized carbons (Fsp3) is 0.412. The minimum absolute atomic E-state index is 0.107. The molecule has 0 aliphatic rings. The quantitative estimate of drug-likeness (QED) is 0.701. The van der Waals surface area contributed by atoms with E-state index in [2.05, 4.69) is 34.3 Å². The molecular weight excluding hydrogens is 338 g/mol. The van der Waals surface area contributed by atoms with Crippen LogP contribution in [0, 0.1) is 0 Å². The second-order valence-electron chi connectivity index (χ2n) is 6.10. The number of thiophene rings is 1. The Kier molecular flexibility index (Phi) is 5.28. The van der Waals surface area contributed by atoms with Gasteiger partial charge >= 0.3 is 0 Å². The molecule has 0 unspecified atom stereocenters. The third-order valence-electron chi connectivity index (χ3n) is 3.85. The van der Waals surface area contributed by atoms with Crippen LogP contribution >= 0.6 is 11.3 Å². The number of carbonyl (C=O) groups is 1. The van der Waals surface area contributed by atoms with Crippen molar-refractivity contribution in [3.8, 4) is 0 Å². The summed E-state index contributed by atoms with van der Waals surface area (Å²) >= 11 is 1.65. The van der Waals surface area contributed by atoms with Gasteiger partial charge in [0.1, 0.15) is 11.9 Å². The summed E-state index contributed by atoms with van der Waals surface area (Å²) in [4.78, 5) is 22.2. The Balaban J connectivity index is 1.57. The van der Waals surface area contributed by atoms with Crippen LogP contribution in [0.4, 0.5) is 0 Å². The van der Waals surface area contributed by atoms with Crippen LogP contribution in [-0.2, 0) is 17.8 Å². The van der Waals surface area contributed by atoms with Gasteiger partial charge in [0.2, 0.25) is 11.8 Å². The van der Waals surface area contributed by atoms with E-state index in [-0.39, 0.29) is 24.4 Å². The Bertz CT molecular complexity index is 822. The van der Waals surface area contributed by atoms with E-state index in [9.17, 15) is 4.79 Å². The van der Waals surface area contributed by atoms with Gasteiger partial charge in [0.25, 0.3) is 0 Å². The first kappa shape index (κ1) is 17.3. The predicted molar refractivity (Wildman–Crippen MR) is 94.3 cm³/mol. The number of imidazole rings is 1. The maximum absolute atomic E-state index is 12.4. The van der Waals surface area contributed by atoms with E-state index in [1.54, 1.807) is 17.5 Å². The number of aromatic nitrogens is 4. The molecule has 3 aromatic rings. The Morgan fingerprint density at radius 1 is 1.40 bits per heavy atom. The van der Waals surface area contributed by atoms with Gasteiger partial charge in [0, 0.05) is 23.2 Å². The van der Waals surface area contributed by atoms with Gasteiger partial charge in [-0.2, -0.15) is 4.98 Å². The highest BCUT2D eigenvalue weighted by molar-refractivity contribution is 7.09. The highest BCUT2D eigenvalue weighted by Gasteiger charge is 2.19. The summed E-state index contributed by atoms with van der Waals surface area (Å²) in [6, 6.07) is 3.66. The summed E-state index contributed by atoms with van der Waals surface area (Å²) in [5, 5.41) is 8.79. The van der Waals surface area contributed by atoms with Crippen molar-refractivity contribution in [2.24, 2.45) is 0 Å². The summed E-state index contributed by atoms with van der Waals surface area (Å²) in [6.07, 6.45) is 4.16. The lowest BCUT2D eigenvalue weighted by molar-refractivity contribution is -0.124. The van der Waals surface area contributed by atoms with Crippen molar-refractivity contribution in [2.75, 3.05) is 0 Å². The first-order chi connectivity index (χ1) is 12.0. The molecule has 1 amide bonds. The van der Waals surface area contributed by atoms with Gasteiger partial charge in [-0.25, -0.2) is 4.98 Å². The average Bonchev–Trinajstić information content (AvgIpc) is 3.33. The van der Waals surface area contributed by atoms with Crippen LogP contribution in [0.2, 0.25) is 0 Å². The lowest BCUT2D eigenvalue weighted by atomic mass is 10.2. The van der Waals surface area contributed by atoms with E-state index in [1.165, 1.54) is 0 Å². The molecular formula is C17H21N5O2S. The van der Waals surface area contributed by atoms with Crippen LogP contribution in [0.1, 0.15) is 55.1 Å². The van der Waals surface area contributed by atoms with Crippen LogP contribution in [0.25, 0.3) is 0 Å². The van der Waals surface area contributed by atoms with Gasteiger partial charge in [-0.1, -0.05) is 25.1 Å². The first-order valence-corrected chi connectivity index (χ1v) is 9.07. The van der Waals surface area contributed by atoms with E-state index in [1.807, 2.05) is 35.2 Å². The summed E-state index contributed by atoms with van der Waals surface area (Å²) in [5.41, 5.74) is 0. The smallest absolute Gasteiger partial charge is 0.243 e. The summed E-state index contributed by atoms with van der Waals surface area (Å²) in [7, 11) is 0. The zero-order valence-corrected chi connectivity index (χ0v) is 15.3. The standard InChI is InChI=1S/C17H21N5O2S/c1-11(2)16-18-6-7-22(16)12(3)17(23)19-10-14-20-15(24-21-14)9-13-5-4-8-25-13/h4-8,11-12H,9-10H2,1-3H3,(H,19,23)/t12-/m1/s1. The van der Waals surface area contributed by atoms with Crippen LogP contribution in [0.5, 0.6) is 0 Å². The van der Waals surface area contributed by atoms with Gasteiger partial charge in [-0.15, -0.1) is 11.3 Å². The Morgan fingerprint density at radius 3 is 2.96 bits per heavy atom. The van der Waals surface area contributed by atoms with Crippen molar-refractivity contribution in [2.45, 2.75) is 45.7 Å². The van der Waals surface area contributed by atoms with Gasteiger partial charge in [-0.3, -0.25) is 4.79 Å². The second-order valence-corrected chi connectivity index (χ2v) is 7.13. The number of hydrogen-bond donors (Lipinski definition) is 1. The Hall–Kier alpha value is -2.48. The third kappa shape index (κ3) is 4.14. The van der Waals surface area contributed by atoms with Crippen molar-refractivity contribution in [3.63, 3.8) is 0 Å². The number of hydrogen-bond acceptors (Lipinski definition) is 6. The molecule has 0 aliphatic heterocycles. The van der Waals surface area contributed by atoms with E-state index < -0.39 is 0 Å². The molecule has 3 rings (SSSR count). The van der Waals surface area contributed by atoms with Crippen molar-refractivity contribution < 1.29 is 9.32 Å². The van der Waals surface area contributed by atoms with Crippen LogP contribution in [0.15, 0.2) is 34.4 Å². The van der Waals surface area contributed by atoms with Crippen molar-refractivity contribution in [3.05, 3.63) is 52.3 Å². The first-order valence-electron chi connectivity index (χ1n) is 8.19. The summed E-state index contributed by atoms with van der Waals surface area (Å²) in [5.74, 6) is 2.06. The molecule has 3 aromatic heterocycles. The lowest BCUT2D eigenvalue weighted by Crippen LogP contribution is -2.31. The molecule has 25 heavy (non-hydrogen) atoms. The SMILES string of the molecule is CC(C)c1nccn1[C@H](C)C(=O)NCc1noc(Cc2cccs2)n1. The fourth-order valence-electron chi connectivity index (χ4n) is 2.54. The maximum Gasteiger partial charge on any atom is 0.243 e. The van der Waals surface area contributed by atoms with Gasteiger partial charge in [-0.05, 0) is 18.4 Å². The molecule has 0 aliphatic carbocycles. The van der Waals surface area contributed by atoms with E-state index >= 15 is 0 Å². The fourth-order valence-corrected chi connectivity index (χ4v) is 3.23. The Morgan fingerprint density at radius 2 is 2.24 bits per heavy atom. The number of nitrogens with zero attached hydrogens (tertiary/aromatic N) is 4. The topological polar surface area (TPSA) is 85.8 Å². The van der Waals surface area contributed by atoms with Crippen molar-refractivity contribution in [1.29, 1.82) is 0 Å². The van der Waals surface area contributed by atoms with E-state index in [4.69, 9.17) is 4.52 Å². The van der Waals surface area contributed by atoms with Crippen LogP contribution in [-0.4, -0.2) is 25.6 Å². The number of nitrogens with one attached hydrogen (secondary N) is 1. The third-order valence-corrected chi connectivity index (χ3v) is 4.72. The molecule has 0 saturated carbocycles. The summed E-state index contributed by atoms with van der Waals surface area (Å²) in [6.45, 7) is 6.19. The van der Waals surface area contributed by atoms with Gasteiger partial charge < -0.3 is 14.4 Å². The molecule has 0 fully saturated rings. The van der Waals surface area contributed by atoms with E-state index in [0.29, 0.717) is 18.1 Å². The molecule has 0 bridgehead atoms. The summed E-state index contributed by atoms with van der Waals surface area (Å²) < 4.78 is 7.12. The van der Waals surface area contributed by atoms with Crippen LogP contribution < -0.4 is 5.32 Å². The predicted octanol–water partition coefficient (Wildman–Crippen LogP) is 2.92. The molecule has 0 aromatic carbocycles. The Labute approximate surface area is 150 Å². The zero-order chi connectivity index (χ0) is 17.8. The molecule has 132 valence electrons. The zero-order valence-electron chi connectivity index (χ0n) is 14.5. The van der Waals surface area contributed by atoms with Crippen LogP contribution in [0.3, 0.4) is 0 Å². The molecule has 8 heteroatoms. The largest absolute Gasteiger partial charge is 0.347 e. The normalized spacial score (nSPS) is 12.5. The number of carbonyl (C=O) groups excluding carboxylic acids is 1. The highest BCUT2D eigenvalue weighted by atomic mass is 32.1. The molecule has 0 radical (unpaired) electrons. The van der Waals surface area contributed by atoms with Crippen molar-refractivity contribution >= 4 is 17.2 Å². The second kappa shape index (κ2) is 7.60. The minimum Gasteiger partial charge on any atom is -0.347 e. The lowest BCUT2D eigenvalue weighted by Gasteiger charge is -2.17. The molecule has 3 heterocycles. The van der Waals surface area contributed by atoms with Gasteiger partial charge in [0.15, 0.2) is 5.82 Å². The van der Waals surface area contributed by atoms with E-state index in [0.717, 1.165) is 10.7 Å². The van der Waals surface area contributed by atoms with Crippen molar-refractivity contribution in [1.82, 2.24) is 25.0 Å². The average molecular weight is 359 g/mol. The number of rotatable bonds is 7. The number of amides is 1. The molecule has 7 nitrogen and oxygen atoms in total. The molecule has 1 atom stereocenters. The monoisotopic (exact) mass is 359 g/mol.